The standard InChI is InChI=1S/C14H24O6/c1-4-19-13(20-5-2)11-18-10-9-17-8-6-7-12(3)14(15)16/h4,13H,1,3,5-11H2,2H3,(H,15,16). The van der Waals surface area contributed by atoms with Gasteiger partial charge in [-0.05, 0) is 19.8 Å². The highest BCUT2D eigenvalue weighted by Crippen LogP contribution is 2.02. The zero-order valence-electron chi connectivity index (χ0n) is 12.0. The lowest BCUT2D eigenvalue weighted by Crippen LogP contribution is -2.22. The van der Waals surface area contributed by atoms with E-state index in [1.807, 2.05) is 6.92 Å². The molecule has 0 radical (unpaired) electrons. The Bertz CT molecular complexity index is 289. The molecule has 0 aliphatic heterocycles. The van der Waals surface area contributed by atoms with Gasteiger partial charge in [0.05, 0.1) is 19.5 Å². The molecular formula is C14H24O6. The van der Waals surface area contributed by atoms with Crippen LogP contribution >= 0.6 is 0 Å². The van der Waals surface area contributed by atoms with E-state index in [2.05, 4.69) is 13.2 Å². The molecule has 1 N–H and O–H groups in total. The molecule has 1 unspecified atom stereocenters. The molecule has 0 aromatic rings. The SMILES string of the molecule is C=COC(COCCOCCCC(=C)C(=O)O)OCC. The second-order valence-corrected chi connectivity index (χ2v) is 3.89. The van der Waals surface area contributed by atoms with Crippen molar-refractivity contribution < 1.29 is 28.8 Å². The summed E-state index contributed by atoms with van der Waals surface area (Å²) in [6.07, 6.45) is 1.92. The first-order valence-electron chi connectivity index (χ1n) is 6.56. The molecule has 0 heterocycles. The van der Waals surface area contributed by atoms with Crippen molar-refractivity contribution in [2.45, 2.75) is 26.1 Å². The Hall–Kier alpha value is -1.37. The zero-order valence-corrected chi connectivity index (χ0v) is 12.0. The Morgan fingerprint density at radius 2 is 2.00 bits per heavy atom. The summed E-state index contributed by atoms with van der Waals surface area (Å²) in [5, 5.41) is 8.60. The fourth-order valence-electron chi connectivity index (χ4n) is 1.31. The number of carbonyl (C=O) groups is 1. The van der Waals surface area contributed by atoms with Crippen molar-refractivity contribution in [3.05, 3.63) is 25.0 Å². The molecule has 1 atom stereocenters. The first-order valence-corrected chi connectivity index (χ1v) is 6.56. The number of aliphatic carboxylic acids is 1. The van der Waals surface area contributed by atoms with Gasteiger partial charge in [-0.2, -0.15) is 0 Å². The summed E-state index contributed by atoms with van der Waals surface area (Å²) in [6, 6.07) is 0. The van der Waals surface area contributed by atoms with E-state index in [0.29, 0.717) is 45.9 Å². The molecule has 0 saturated heterocycles. The minimum absolute atomic E-state index is 0.200. The maximum atomic E-state index is 10.5. The smallest absolute Gasteiger partial charge is 0.330 e. The van der Waals surface area contributed by atoms with Gasteiger partial charge < -0.3 is 24.1 Å². The first kappa shape index (κ1) is 18.6. The summed E-state index contributed by atoms with van der Waals surface area (Å²) >= 11 is 0. The third kappa shape index (κ3) is 10.5. The van der Waals surface area contributed by atoms with E-state index in [9.17, 15) is 4.79 Å². The number of rotatable bonds is 14. The lowest BCUT2D eigenvalue weighted by Gasteiger charge is -2.16. The van der Waals surface area contributed by atoms with Crippen LogP contribution in [0.1, 0.15) is 19.8 Å². The van der Waals surface area contributed by atoms with E-state index >= 15 is 0 Å². The van der Waals surface area contributed by atoms with Crippen LogP contribution in [0.15, 0.2) is 25.0 Å². The summed E-state index contributed by atoms with van der Waals surface area (Å²) < 4.78 is 21.0. The quantitative estimate of drug-likeness (QED) is 0.228. The molecule has 0 aromatic carbocycles. The Morgan fingerprint density at radius 1 is 1.30 bits per heavy atom. The normalized spacial score (nSPS) is 11.8. The van der Waals surface area contributed by atoms with Crippen LogP contribution in [0.2, 0.25) is 0 Å². The summed E-state index contributed by atoms with van der Waals surface area (Å²) in [5.74, 6) is -0.961. The topological polar surface area (TPSA) is 74.2 Å². The second-order valence-electron chi connectivity index (χ2n) is 3.89. The van der Waals surface area contributed by atoms with Crippen molar-refractivity contribution in [2.24, 2.45) is 0 Å². The van der Waals surface area contributed by atoms with Crippen molar-refractivity contribution in [1.29, 1.82) is 0 Å². The van der Waals surface area contributed by atoms with Gasteiger partial charge >= 0.3 is 5.97 Å². The van der Waals surface area contributed by atoms with Crippen LogP contribution in [0.5, 0.6) is 0 Å². The van der Waals surface area contributed by atoms with Crippen LogP contribution in [0.3, 0.4) is 0 Å². The van der Waals surface area contributed by atoms with Gasteiger partial charge in [-0.25, -0.2) is 4.79 Å². The van der Waals surface area contributed by atoms with Crippen molar-refractivity contribution >= 4 is 5.97 Å². The van der Waals surface area contributed by atoms with Crippen LogP contribution in [0.4, 0.5) is 0 Å². The first-order chi connectivity index (χ1) is 9.61. The fourth-order valence-corrected chi connectivity index (χ4v) is 1.31. The summed E-state index contributed by atoms with van der Waals surface area (Å²) in [4.78, 5) is 10.5. The van der Waals surface area contributed by atoms with Gasteiger partial charge in [0, 0.05) is 18.8 Å². The molecule has 0 aliphatic carbocycles. The van der Waals surface area contributed by atoms with Crippen molar-refractivity contribution in [3.63, 3.8) is 0 Å². The van der Waals surface area contributed by atoms with E-state index in [-0.39, 0.29) is 5.57 Å². The highest BCUT2D eigenvalue weighted by atomic mass is 16.7. The van der Waals surface area contributed by atoms with Crippen LogP contribution in [0.25, 0.3) is 0 Å². The predicted molar refractivity (Wildman–Crippen MR) is 74.3 cm³/mol. The summed E-state index contributed by atoms with van der Waals surface area (Å²) in [5.41, 5.74) is 0.200. The number of carboxylic acids is 1. The third-order valence-corrected chi connectivity index (χ3v) is 2.30. The molecule has 6 nitrogen and oxygen atoms in total. The van der Waals surface area contributed by atoms with Crippen molar-refractivity contribution in [3.8, 4) is 0 Å². The van der Waals surface area contributed by atoms with Crippen LogP contribution in [-0.4, -0.2) is 50.4 Å². The number of hydrogen-bond donors (Lipinski definition) is 1. The Kier molecular flexibility index (Phi) is 11.8. The highest BCUT2D eigenvalue weighted by molar-refractivity contribution is 5.85. The minimum Gasteiger partial charge on any atom is -0.478 e. The average molecular weight is 288 g/mol. The van der Waals surface area contributed by atoms with Gasteiger partial charge in [0.25, 0.3) is 0 Å². The maximum Gasteiger partial charge on any atom is 0.330 e. The van der Waals surface area contributed by atoms with Crippen LogP contribution < -0.4 is 0 Å². The van der Waals surface area contributed by atoms with Gasteiger partial charge in [0.2, 0.25) is 6.29 Å². The van der Waals surface area contributed by atoms with E-state index < -0.39 is 12.3 Å². The summed E-state index contributed by atoms with van der Waals surface area (Å²) in [7, 11) is 0. The molecule has 0 spiro atoms. The third-order valence-electron chi connectivity index (χ3n) is 2.30. The number of ether oxygens (including phenoxy) is 4. The number of carboxylic acid groups (broad SMARTS) is 1. The fraction of sp³-hybridized carbons (Fsp3) is 0.643. The monoisotopic (exact) mass is 288 g/mol. The van der Waals surface area contributed by atoms with Gasteiger partial charge in [-0.3, -0.25) is 0 Å². The van der Waals surface area contributed by atoms with E-state index in [0.717, 1.165) is 0 Å². The Morgan fingerprint density at radius 3 is 2.60 bits per heavy atom. The molecule has 0 bridgehead atoms. The van der Waals surface area contributed by atoms with Gasteiger partial charge in [0.1, 0.15) is 6.61 Å². The minimum atomic E-state index is -0.961. The molecular weight excluding hydrogens is 264 g/mol. The summed E-state index contributed by atoms with van der Waals surface area (Å²) in [6.45, 7) is 10.9. The average Bonchev–Trinajstić information content (AvgIpc) is 2.41. The number of hydrogen-bond acceptors (Lipinski definition) is 5. The molecule has 116 valence electrons. The maximum absolute atomic E-state index is 10.5. The van der Waals surface area contributed by atoms with E-state index in [1.165, 1.54) is 6.26 Å². The Labute approximate surface area is 120 Å². The molecule has 0 fully saturated rings. The van der Waals surface area contributed by atoms with Gasteiger partial charge in [-0.1, -0.05) is 13.2 Å². The second kappa shape index (κ2) is 12.7. The molecule has 0 rings (SSSR count). The molecule has 0 saturated carbocycles. The van der Waals surface area contributed by atoms with E-state index in [4.69, 9.17) is 24.1 Å². The Balaban J connectivity index is 3.41. The molecule has 20 heavy (non-hydrogen) atoms. The van der Waals surface area contributed by atoms with E-state index in [1.54, 1.807) is 0 Å². The largest absolute Gasteiger partial charge is 0.478 e. The molecule has 0 aliphatic rings. The van der Waals surface area contributed by atoms with Crippen LogP contribution in [0, 0.1) is 0 Å². The van der Waals surface area contributed by atoms with Gasteiger partial charge in [-0.15, -0.1) is 0 Å². The zero-order chi connectivity index (χ0) is 15.2. The lowest BCUT2D eigenvalue weighted by molar-refractivity contribution is -0.142. The lowest BCUT2D eigenvalue weighted by atomic mass is 10.2. The van der Waals surface area contributed by atoms with Crippen molar-refractivity contribution in [1.82, 2.24) is 0 Å². The predicted octanol–water partition coefficient (Wildman–Crippen LogP) is 1.96. The molecule has 6 heteroatoms. The molecule has 0 aromatic heterocycles. The van der Waals surface area contributed by atoms with Crippen molar-refractivity contribution in [2.75, 3.05) is 33.0 Å². The highest BCUT2D eigenvalue weighted by Gasteiger charge is 2.07. The molecule has 0 amide bonds. The van der Waals surface area contributed by atoms with Gasteiger partial charge in [0.15, 0.2) is 0 Å². The van der Waals surface area contributed by atoms with Crippen LogP contribution in [-0.2, 0) is 23.7 Å².